The van der Waals surface area contributed by atoms with Gasteiger partial charge in [0.15, 0.2) is 20.8 Å². The summed E-state index contributed by atoms with van der Waals surface area (Å²) >= 11 is 41.3. The number of nitrogens with zero attached hydrogens (tertiary/aromatic N) is 11. The van der Waals surface area contributed by atoms with Crippen molar-refractivity contribution < 1.29 is 139 Å². The molecule has 7 aliphatic heterocycles. The van der Waals surface area contributed by atoms with E-state index in [1.54, 1.807) is 110 Å². The van der Waals surface area contributed by atoms with Crippen LogP contribution in [0.5, 0.6) is 0 Å². The molecule has 0 radical (unpaired) electrons. The number of carboxylic acid groups (broad SMARTS) is 6. The van der Waals surface area contributed by atoms with Crippen LogP contribution in [0.2, 0.25) is 0 Å². The van der Waals surface area contributed by atoms with E-state index in [1.807, 2.05) is 0 Å². The van der Waals surface area contributed by atoms with Gasteiger partial charge in [-0.05, 0) is 117 Å². The molecule has 0 spiro atoms. The normalized spacial score (nSPS) is 18.1. The predicted octanol–water partition coefficient (Wildman–Crippen LogP) is 5.36. The molecule has 125 heavy (non-hydrogen) atoms. The number of hydrogen-bond donors (Lipinski definition) is 11. The van der Waals surface area contributed by atoms with Crippen LogP contribution in [0, 0.1) is 22.7 Å². The van der Waals surface area contributed by atoms with Gasteiger partial charge in [0.05, 0.1) is 64.8 Å². The van der Waals surface area contributed by atoms with Crippen molar-refractivity contribution in [1.82, 2.24) is 38.9 Å². The number of thiocarbonyl (C=S) groups is 7. The topological polar surface area (TPSA) is 617 Å². The van der Waals surface area contributed by atoms with Crippen molar-refractivity contribution >= 4 is 307 Å². The van der Waals surface area contributed by atoms with Crippen LogP contribution in [0.15, 0.2) is 108 Å². The quantitative estimate of drug-likeness (QED) is 0.0288. The number of amides is 7. The second-order valence-corrected chi connectivity index (χ2v) is 38.7. The fourth-order valence-electron chi connectivity index (χ4n) is 9.24. The molecule has 2 aromatic rings. The maximum absolute atomic E-state index is 12.0. The van der Waals surface area contributed by atoms with Gasteiger partial charge in [-0.2, -0.15) is 18.9 Å². The summed E-state index contributed by atoms with van der Waals surface area (Å²) in [6.07, 6.45) is 12.3. The minimum absolute atomic E-state index is 0.0354. The van der Waals surface area contributed by atoms with Crippen molar-refractivity contribution in [2.75, 3.05) is 68.8 Å². The Hall–Kier alpha value is -9.15. The third kappa shape index (κ3) is 34.9. The summed E-state index contributed by atoms with van der Waals surface area (Å²) in [4.78, 5) is 203. The van der Waals surface area contributed by atoms with Gasteiger partial charge < -0.3 is 59.8 Å². The van der Waals surface area contributed by atoms with Gasteiger partial charge in [0.1, 0.15) is 66.0 Å². The number of carboxylic acids is 6. The minimum atomic E-state index is -4.08. The van der Waals surface area contributed by atoms with Gasteiger partial charge in [-0.25, -0.2) is 4.79 Å². The Labute approximate surface area is 773 Å². The molecule has 0 bridgehead atoms. The molecule has 7 aliphatic rings. The second kappa shape index (κ2) is 52.2. The van der Waals surface area contributed by atoms with Crippen LogP contribution in [0.1, 0.15) is 78.6 Å². The summed E-state index contributed by atoms with van der Waals surface area (Å²) in [5, 5.41) is 69.0. The number of carbonyl (C=O) groups excluding carboxylic acids is 7. The van der Waals surface area contributed by atoms with E-state index in [4.69, 9.17) is 143 Å². The average Bonchev–Trinajstić information content (AvgIpc) is 1.66. The third-order valence-electron chi connectivity index (χ3n) is 14.9. The minimum Gasteiger partial charge on any atom is -0.481 e. The van der Waals surface area contributed by atoms with E-state index in [9.17, 15) is 84.7 Å². The number of anilines is 1. The van der Waals surface area contributed by atoms with Crippen molar-refractivity contribution in [2.24, 2.45) is 0 Å². The largest absolute Gasteiger partial charge is 0.481 e. The number of thiazole rings is 1. The third-order valence-corrected chi connectivity index (χ3v) is 26.7. The average molecular weight is 2040 g/mol. The maximum Gasteiger partial charge on any atom is 0.335 e. The molecule has 57 heteroatoms. The molecule has 0 atom stereocenters. The van der Waals surface area contributed by atoms with E-state index in [1.165, 1.54) is 90.1 Å². The van der Waals surface area contributed by atoms with Gasteiger partial charge in [-0.15, -0.1) is 11.3 Å². The van der Waals surface area contributed by atoms with Crippen LogP contribution in [-0.4, -0.2) is 275 Å². The Morgan fingerprint density at radius 3 is 1.20 bits per heavy atom. The van der Waals surface area contributed by atoms with Crippen LogP contribution in [0.25, 0.3) is 11.6 Å². The van der Waals surface area contributed by atoms with Gasteiger partial charge in [0, 0.05) is 26.2 Å². The van der Waals surface area contributed by atoms with Crippen molar-refractivity contribution in [3.63, 3.8) is 0 Å². The lowest BCUT2D eigenvalue weighted by molar-refractivity contribution is -0.140. The van der Waals surface area contributed by atoms with Crippen LogP contribution in [0.4, 0.5) is 5.69 Å². The summed E-state index contributed by atoms with van der Waals surface area (Å²) in [5.74, 6) is -9.29. The second-order valence-electron chi connectivity index (χ2n) is 23.5. The number of aromatic nitrogens is 1. The molecule has 11 N–H and O–H groups in total. The Morgan fingerprint density at radius 2 is 0.856 bits per heavy atom. The monoisotopic (exact) mass is 2030 g/mol. The summed E-state index contributed by atoms with van der Waals surface area (Å²) in [7, 11) is -12.1. The van der Waals surface area contributed by atoms with Crippen LogP contribution < -0.4 is 19.7 Å². The zero-order valence-corrected chi connectivity index (χ0v) is 79.0. The fraction of sp³-hybridized carbons (Fsp3) is 0.309. The number of ether oxygens (including phenoxy) is 1. The lowest BCUT2D eigenvalue weighted by Gasteiger charge is -2.16. The van der Waals surface area contributed by atoms with Gasteiger partial charge in [0.2, 0.25) is 0 Å². The Balaban J connectivity index is 0.000000485. The fourth-order valence-corrected chi connectivity index (χ4v) is 18.3. The molecule has 0 saturated carbocycles. The molecule has 41 nitrogen and oxygen atoms in total. The molecule has 674 valence electrons. The van der Waals surface area contributed by atoms with Gasteiger partial charge in [0.25, 0.3) is 62.2 Å². The number of carbonyl (C=O) groups is 13. The van der Waals surface area contributed by atoms with Gasteiger partial charge >= 0.3 is 51.0 Å². The number of nitriles is 2. The number of allylic oxidation sites excluding steroid dienone is 7. The van der Waals surface area contributed by atoms with Crippen LogP contribution in [0.3, 0.4) is 0 Å². The predicted molar refractivity (Wildman–Crippen MR) is 492 cm³/mol. The molecule has 0 aliphatic carbocycles. The van der Waals surface area contributed by atoms with Gasteiger partial charge in [-0.1, -0.05) is 162 Å². The van der Waals surface area contributed by atoms with E-state index in [0.29, 0.717) is 56.3 Å². The highest BCUT2D eigenvalue weighted by Crippen LogP contribution is 2.39. The molecule has 7 fully saturated rings. The number of rotatable bonds is 23. The zero-order chi connectivity index (χ0) is 95.8. The highest BCUT2D eigenvalue weighted by molar-refractivity contribution is 8.28. The lowest BCUT2D eigenvalue weighted by Crippen LogP contribution is -2.38. The number of benzene rings is 1. The zero-order valence-electron chi connectivity index (χ0n) is 65.8. The number of thioether (sulfide) groups is 5. The van der Waals surface area contributed by atoms with Gasteiger partial charge in [-0.3, -0.25) is 115 Å². The molecule has 9 rings (SSSR count). The first-order valence-corrected chi connectivity index (χ1v) is 47.3. The first kappa shape index (κ1) is 112. The maximum atomic E-state index is 12.0. The number of hydrogen-bond acceptors (Lipinski definition) is 34. The Kier molecular flexibility index (Phi) is 46.8. The summed E-state index contributed by atoms with van der Waals surface area (Å²) in [5.41, 5.74) is 0.0765. The highest BCUT2D eigenvalue weighted by atomic mass is 32.2. The van der Waals surface area contributed by atoms with Crippen LogP contribution >= 0.6 is 171 Å². The molecule has 7 amide bonds. The Morgan fingerprint density at radius 1 is 0.464 bits per heavy atom. The SMILES string of the molecule is C/C=C1/OC(=S)N(CC(=O)O)C1=O.C/C=C1/SC(=S)N(CCC(=O)O)C1=O.C/C=C1/SC(=S)N(CCCP(=O)(O)O)C1=O.C/C=C1/SC(=S)N(CCP(=O)(O)O)C1=O.C/C=C1/SC(=S)N(CCS(=O)(=O)O)C1=O.C/C=C1/SC(=S)N(c2ccc(C(=O)O)cc2)C1=O.C/C=C1\C(=O)N(CC(=O)O)C(=S)N1CC(=O)O.C/C=c1/sc(=C(C#N)C#N)n(CC(=O)O)c1=O. The first-order valence-electron chi connectivity index (χ1n) is 34.3. The van der Waals surface area contributed by atoms with E-state index in [0.717, 1.165) is 54.1 Å². The lowest BCUT2D eigenvalue weighted by atomic mass is 10.2. The van der Waals surface area contributed by atoms with Crippen molar-refractivity contribution in [3.05, 3.63) is 128 Å². The first-order chi connectivity index (χ1) is 58.1. The van der Waals surface area contributed by atoms with Crippen molar-refractivity contribution in [1.29, 1.82) is 10.5 Å². The smallest absolute Gasteiger partial charge is 0.335 e. The number of aliphatic carboxylic acids is 5. The van der Waals surface area contributed by atoms with Crippen molar-refractivity contribution in [2.45, 2.75) is 74.8 Å². The molecule has 1 aromatic carbocycles. The molecule has 7 saturated heterocycles. The highest BCUT2D eigenvalue weighted by Gasteiger charge is 2.41. The molecular formula is C68H73N11O30P2S14. The Bertz CT molecular complexity index is 5490. The molecular weight excluding hydrogens is 1960 g/mol. The van der Waals surface area contributed by atoms with E-state index in [2.05, 4.69) is 12.2 Å². The standard InChI is InChI=1S/C12H9NO3S2.C10H7N3O3S.C9H10N2O5S.C8H12NO4PS2.C8H9NO3S2.C7H10NO4PS2.C7H9NO4S3.C7H7NO4S/c1-2-9-10(14)13(12(17)18-9)8-5-3-7(4-6-8)11(15)16;1-2-7-9(16)13(5-8(14)15)10(17-7)6(3-11)4-12;1-2-5-8(16)11(4-7(14)15)9(17)10(5)3-6(12)13;1-2-6-7(10)9(8(15)16-6)4-3-5-14(11,12)13;1-2-5-7(12)9(8(13)14-5)4-3-6(10)11;1-2-5-6(9)8(7(14)15-5)3-4-13(10,11)12;1-2-5-6(9)8(7(13)14-5)3-4-15(10,11)12;1-2-4-6(11)8(3-5(9)10)7(13)12-4/h2-6H,1H3,(H,15,16);2H,5H2,1H3,(H,14,15);2H,3-4H2,1H3,(H,12,13)(H,14,15);2H,3-5H2,1H3,(H2,11,12,13);2H,3-4H2,1H3,(H,10,11);2H,3-4H2,1H3,(H2,10,11,12);2H,3-4H2,1H3,(H,10,11,12);2H,3H2,1H3,(H,9,10)/b9-2+;7-2+;5-2+;6-2+;3*5-2+;4-2+. The van der Waals surface area contributed by atoms with Crippen molar-refractivity contribution in [3.8, 4) is 12.1 Å². The number of aromatic carboxylic acids is 1. The molecule has 0 unspecified atom stereocenters. The van der Waals surface area contributed by atoms with E-state index < -0.39 is 110 Å². The summed E-state index contributed by atoms with van der Waals surface area (Å²) < 4.78 is 59.0. The molecule has 8 heterocycles. The van der Waals surface area contributed by atoms with E-state index in [-0.39, 0.29) is 118 Å². The summed E-state index contributed by atoms with van der Waals surface area (Å²) in [6, 6.07) is 9.34. The van der Waals surface area contributed by atoms with Crippen LogP contribution in [-0.2, 0) is 88.1 Å². The summed E-state index contributed by atoms with van der Waals surface area (Å²) in [6.45, 7) is 11.7. The van der Waals surface area contributed by atoms with E-state index >= 15 is 0 Å². The molecule has 1 aromatic heterocycles.